The summed E-state index contributed by atoms with van der Waals surface area (Å²) in [7, 11) is 2.08. The molecule has 0 aliphatic carbocycles. The van der Waals surface area contributed by atoms with Crippen LogP contribution in [0.5, 0.6) is 0 Å². The van der Waals surface area contributed by atoms with Gasteiger partial charge in [0.25, 0.3) is 0 Å². The second kappa shape index (κ2) is 7.95. The fourth-order valence-electron chi connectivity index (χ4n) is 2.68. The van der Waals surface area contributed by atoms with E-state index in [2.05, 4.69) is 17.3 Å². The Labute approximate surface area is 137 Å². The summed E-state index contributed by atoms with van der Waals surface area (Å²) in [5, 5.41) is 3.79. The highest BCUT2D eigenvalue weighted by atomic mass is 35.5. The van der Waals surface area contributed by atoms with Crippen LogP contribution in [0.15, 0.2) is 24.3 Å². The summed E-state index contributed by atoms with van der Waals surface area (Å²) < 4.78 is 5.75. The predicted molar refractivity (Wildman–Crippen MR) is 89.2 cm³/mol. The molecule has 0 radical (unpaired) electrons. The maximum Gasteiger partial charge on any atom is 0.223 e. The highest BCUT2D eigenvalue weighted by Crippen LogP contribution is 2.15. The van der Waals surface area contributed by atoms with E-state index in [0.29, 0.717) is 11.4 Å². The molecule has 122 valence electrons. The number of hydrogen-bond acceptors (Lipinski definition) is 3. The Morgan fingerprint density at radius 3 is 2.95 bits per heavy atom. The standard InChI is InChI=1S/C17H25ClN2O2/c1-12(9-14-5-4-6-15(18)10-14)17(21)19-13(2)16-11-20(3)7-8-22-16/h4-6,10,12-13,16H,7-9,11H2,1-3H3,(H,19,21). The van der Waals surface area contributed by atoms with E-state index in [1.807, 2.05) is 38.1 Å². The van der Waals surface area contributed by atoms with Gasteiger partial charge in [-0.3, -0.25) is 4.79 Å². The zero-order chi connectivity index (χ0) is 16.1. The van der Waals surface area contributed by atoms with Crippen LogP contribution >= 0.6 is 11.6 Å². The SMILES string of the molecule is CC(Cc1cccc(Cl)c1)C(=O)NC(C)C1CN(C)CCO1. The number of nitrogens with zero attached hydrogens (tertiary/aromatic N) is 1. The molecule has 3 atom stereocenters. The van der Waals surface area contributed by atoms with Crippen LogP contribution in [0.3, 0.4) is 0 Å². The third-order valence-corrected chi connectivity index (χ3v) is 4.34. The van der Waals surface area contributed by atoms with Crippen molar-refractivity contribution in [1.29, 1.82) is 0 Å². The molecule has 1 heterocycles. The molecule has 1 aliphatic heterocycles. The van der Waals surface area contributed by atoms with Gasteiger partial charge < -0.3 is 15.0 Å². The number of morpholine rings is 1. The molecule has 1 aromatic rings. The van der Waals surface area contributed by atoms with Crippen LogP contribution in [0.2, 0.25) is 5.02 Å². The van der Waals surface area contributed by atoms with Crippen molar-refractivity contribution in [1.82, 2.24) is 10.2 Å². The molecular formula is C17H25ClN2O2. The minimum atomic E-state index is -0.0952. The number of halogens is 1. The van der Waals surface area contributed by atoms with Crippen molar-refractivity contribution in [3.8, 4) is 0 Å². The molecule has 1 aromatic carbocycles. The largest absolute Gasteiger partial charge is 0.373 e. The van der Waals surface area contributed by atoms with Crippen LogP contribution in [-0.4, -0.2) is 49.7 Å². The fourth-order valence-corrected chi connectivity index (χ4v) is 2.90. The second-order valence-electron chi connectivity index (χ2n) is 6.20. The van der Waals surface area contributed by atoms with Gasteiger partial charge in [-0.2, -0.15) is 0 Å². The zero-order valence-electron chi connectivity index (χ0n) is 13.5. The third-order valence-electron chi connectivity index (χ3n) is 4.10. The van der Waals surface area contributed by atoms with E-state index in [1.165, 1.54) is 0 Å². The van der Waals surface area contributed by atoms with Crippen LogP contribution < -0.4 is 5.32 Å². The topological polar surface area (TPSA) is 41.6 Å². The molecule has 0 spiro atoms. The first kappa shape index (κ1) is 17.3. The average molecular weight is 325 g/mol. The lowest BCUT2D eigenvalue weighted by Crippen LogP contribution is -2.52. The first-order chi connectivity index (χ1) is 10.5. The Bertz CT molecular complexity index is 509. The number of nitrogens with one attached hydrogen (secondary N) is 1. The molecule has 1 amide bonds. The summed E-state index contributed by atoms with van der Waals surface area (Å²) >= 11 is 5.99. The van der Waals surface area contributed by atoms with Crippen molar-refractivity contribution in [3.05, 3.63) is 34.9 Å². The highest BCUT2D eigenvalue weighted by Gasteiger charge is 2.26. The summed E-state index contributed by atoms with van der Waals surface area (Å²) in [5.74, 6) is -0.0356. The van der Waals surface area contributed by atoms with E-state index < -0.39 is 0 Å². The molecule has 0 bridgehead atoms. The maximum atomic E-state index is 12.4. The first-order valence-electron chi connectivity index (χ1n) is 7.80. The van der Waals surface area contributed by atoms with Gasteiger partial charge in [0.2, 0.25) is 5.91 Å². The minimum absolute atomic E-state index is 0.0112. The maximum absolute atomic E-state index is 12.4. The number of carbonyl (C=O) groups is 1. The number of likely N-dealkylation sites (N-methyl/N-ethyl adjacent to an activating group) is 1. The predicted octanol–water partition coefficient (Wildman–Crippen LogP) is 2.35. The summed E-state index contributed by atoms with van der Waals surface area (Å²) in [6.45, 7) is 6.47. The van der Waals surface area contributed by atoms with Crippen LogP contribution in [0.4, 0.5) is 0 Å². The zero-order valence-corrected chi connectivity index (χ0v) is 14.3. The molecule has 0 saturated carbocycles. The number of rotatable bonds is 5. The lowest BCUT2D eigenvalue weighted by atomic mass is 9.99. The summed E-state index contributed by atoms with van der Waals surface area (Å²) in [4.78, 5) is 14.6. The lowest BCUT2D eigenvalue weighted by Gasteiger charge is -2.34. The third kappa shape index (κ3) is 4.97. The van der Waals surface area contributed by atoms with Crippen molar-refractivity contribution in [2.45, 2.75) is 32.4 Å². The molecule has 1 aliphatic rings. The van der Waals surface area contributed by atoms with E-state index in [1.54, 1.807) is 0 Å². The Balaban J connectivity index is 1.85. The van der Waals surface area contributed by atoms with Crippen molar-refractivity contribution in [2.24, 2.45) is 5.92 Å². The van der Waals surface area contributed by atoms with Crippen LogP contribution in [0.25, 0.3) is 0 Å². The summed E-state index contributed by atoms with van der Waals surface area (Å²) in [5.41, 5.74) is 1.08. The second-order valence-corrected chi connectivity index (χ2v) is 6.64. The normalized spacial score (nSPS) is 22.1. The molecule has 22 heavy (non-hydrogen) atoms. The van der Waals surface area contributed by atoms with E-state index in [-0.39, 0.29) is 24.0 Å². The fraction of sp³-hybridized carbons (Fsp3) is 0.588. The van der Waals surface area contributed by atoms with Crippen molar-refractivity contribution >= 4 is 17.5 Å². The van der Waals surface area contributed by atoms with E-state index in [9.17, 15) is 4.79 Å². The van der Waals surface area contributed by atoms with Gasteiger partial charge in [-0.05, 0) is 38.1 Å². The van der Waals surface area contributed by atoms with E-state index in [0.717, 1.165) is 25.3 Å². The van der Waals surface area contributed by atoms with Gasteiger partial charge in [0, 0.05) is 24.0 Å². The van der Waals surface area contributed by atoms with Crippen LogP contribution in [0.1, 0.15) is 19.4 Å². The van der Waals surface area contributed by atoms with E-state index in [4.69, 9.17) is 16.3 Å². The van der Waals surface area contributed by atoms with Crippen LogP contribution in [-0.2, 0) is 16.0 Å². The quantitative estimate of drug-likeness (QED) is 0.904. The number of benzene rings is 1. The molecule has 2 rings (SSSR count). The number of ether oxygens (including phenoxy) is 1. The molecule has 5 heteroatoms. The summed E-state index contributed by atoms with van der Waals surface area (Å²) in [6, 6.07) is 7.68. The van der Waals surface area contributed by atoms with Crippen molar-refractivity contribution < 1.29 is 9.53 Å². The Morgan fingerprint density at radius 2 is 2.27 bits per heavy atom. The lowest BCUT2D eigenvalue weighted by molar-refractivity contribution is -0.127. The average Bonchev–Trinajstić information content (AvgIpc) is 2.47. The smallest absolute Gasteiger partial charge is 0.223 e. The van der Waals surface area contributed by atoms with Gasteiger partial charge in [0.15, 0.2) is 0 Å². The summed E-state index contributed by atoms with van der Waals surface area (Å²) in [6.07, 6.45) is 0.742. The van der Waals surface area contributed by atoms with Gasteiger partial charge in [-0.15, -0.1) is 0 Å². The minimum Gasteiger partial charge on any atom is -0.373 e. The van der Waals surface area contributed by atoms with Crippen molar-refractivity contribution in [2.75, 3.05) is 26.7 Å². The van der Waals surface area contributed by atoms with Gasteiger partial charge in [-0.1, -0.05) is 30.7 Å². The highest BCUT2D eigenvalue weighted by molar-refractivity contribution is 6.30. The molecular weight excluding hydrogens is 300 g/mol. The number of hydrogen-bond donors (Lipinski definition) is 1. The van der Waals surface area contributed by atoms with Gasteiger partial charge in [0.1, 0.15) is 0 Å². The molecule has 1 fully saturated rings. The number of carbonyl (C=O) groups excluding carboxylic acids is 1. The first-order valence-corrected chi connectivity index (χ1v) is 8.18. The molecule has 0 aromatic heterocycles. The molecule has 3 unspecified atom stereocenters. The van der Waals surface area contributed by atoms with Gasteiger partial charge in [-0.25, -0.2) is 0 Å². The Kier molecular flexibility index (Phi) is 6.24. The Morgan fingerprint density at radius 1 is 1.50 bits per heavy atom. The van der Waals surface area contributed by atoms with Gasteiger partial charge >= 0.3 is 0 Å². The molecule has 1 N–H and O–H groups in total. The van der Waals surface area contributed by atoms with Gasteiger partial charge in [0.05, 0.1) is 18.8 Å². The van der Waals surface area contributed by atoms with Crippen LogP contribution in [0, 0.1) is 5.92 Å². The van der Waals surface area contributed by atoms with E-state index >= 15 is 0 Å². The Hall–Kier alpha value is -1.10. The monoisotopic (exact) mass is 324 g/mol. The molecule has 1 saturated heterocycles. The number of amides is 1. The van der Waals surface area contributed by atoms with Crippen molar-refractivity contribution in [3.63, 3.8) is 0 Å². The molecule has 4 nitrogen and oxygen atoms in total.